The van der Waals surface area contributed by atoms with Gasteiger partial charge in [0.15, 0.2) is 5.13 Å². The van der Waals surface area contributed by atoms with E-state index in [9.17, 15) is 0 Å². The average molecular weight is 357 g/mol. The molecule has 3 aromatic rings. The Morgan fingerprint density at radius 3 is 2.83 bits per heavy atom. The van der Waals surface area contributed by atoms with Crippen molar-refractivity contribution in [3.05, 3.63) is 57.4 Å². The van der Waals surface area contributed by atoms with E-state index in [-0.39, 0.29) is 0 Å². The van der Waals surface area contributed by atoms with Gasteiger partial charge in [0, 0.05) is 21.2 Å². The molecule has 4 rings (SSSR count). The Morgan fingerprint density at radius 1 is 1.17 bits per heavy atom. The van der Waals surface area contributed by atoms with E-state index in [1.165, 1.54) is 16.0 Å². The maximum absolute atomic E-state index is 6.21. The molecule has 0 unspecified atom stereocenters. The summed E-state index contributed by atoms with van der Waals surface area (Å²) < 4.78 is 5.33. The van der Waals surface area contributed by atoms with E-state index in [4.69, 9.17) is 21.3 Å². The Kier molecular flexibility index (Phi) is 3.94. The fourth-order valence-electron chi connectivity index (χ4n) is 2.96. The summed E-state index contributed by atoms with van der Waals surface area (Å²) in [7, 11) is 1.70. The summed E-state index contributed by atoms with van der Waals surface area (Å²) >= 11 is 7.92. The van der Waals surface area contributed by atoms with Crippen molar-refractivity contribution in [2.75, 3.05) is 12.4 Å². The van der Waals surface area contributed by atoms with Crippen LogP contribution in [0.4, 0.5) is 10.8 Å². The van der Waals surface area contributed by atoms with Gasteiger partial charge in [0.05, 0.1) is 12.8 Å². The minimum absolute atomic E-state index is 0.763. The number of methoxy groups -OCH3 is 1. The molecule has 0 atom stereocenters. The number of benzene rings is 2. The maximum atomic E-state index is 6.21. The van der Waals surface area contributed by atoms with Gasteiger partial charge in [-0.3, -0.25) is 0 Å². The molecule has 0 amide bonds. The number of rotatable bonds is 3. The van der Waals surface area contributed by atoms with Crippen LogP contribution >= 0.6 is 22.9 Å². The molecule has 0 spiro atoms. The molecule has 24 heavy (non-hydrogen) atoms. The summed E-state index contributed by atoms with van der Waals surface area (Å²) in [6.45, 7) is 2.00. The number of hydrogen-bond acceptors (Lipinski definition) is 4. The average Bonchev–Trinajstić information content (AvgIpc) is 3.00. The standard InChI is InChI=1S/C19H17ClN2OS/c1-11-3-5-13(10-16(11)20)21-19-22-18-15-7-6-14(23-2)9-12(15)4-8-17(18)24-19/h3,5-7,9-10H,4,8H2,1-2H3,(H,21,22). The number of halogens is 1. The predicted octanol–water partition coefficient (Wildman–Crippen LogP) is 5.62. The molecule has 1 aliphatic rings. The summed E-state index contributed by atoms with van der Waals surface area (Å²) in [6, 6.07) is 12.2. The van der Waals surface area contributed by atoms with Crippen LogP contribution in [0.1, 0.15) is 16.0 Å². The lowest BCUT2D eigenvalue weighted by molar-refractivity contribution is 0.414. The summed E-state index contributed by atoms with van der Waals surface area (Å²) in [5, 5.41) is 5.05. The van der Waals surface area contributed by atoms with Crippen molar-refractivity contribution in [2.24, 2.45) is 0 Å². The van der Waals surface area contributed by atoms with Crippen LogP contribution < -0.4 is 10.1 Å². The molecule has 2 aromatic carbocycles. The number of nitrogens with one attached hydrogen (secondary N) is 1. The zero-order valence-electron chi connectivity index (χ0n) is 13.5. The molecular weight excluding hydrogens is 340 g/mol. The number of anilines is 2. The molecular formula is C19H17ClN2OS. The van der Waals surface area contributed by atoms with E-state index < -0.39 is 0 Å². The Hall–Kier alpha value is -2.04. The molecule has 0 bridgehead atoms. The SMILES string of the molecule is COc1ccc2c(c1)CCc1sc(Nc3ccc(C)c(Cl)c3)nc1-2. The Balaban J connectivity index is 1.67. The molecule has 1 aromatic heterocycles. The van der Waals surface area contributed by atoms with Crippen molar-refractivity contribution in [1.82, 2.24) is 4.98 Å². The van der Waals surface area contributed by atoms with Crippen LogP contribution in [-0.4, -0.2) is 12.1 Å². The molecule has 0 saturated heterocycles. The van der Waals surface area contributed by atoms with Crippen molar-refractivity contribution >= 4 is 33.8 Å². The van der Waals surface area contributed by atoms with E-state index >= 15 is 0 Å². The first-order valence-corrected chi connectivity index (χ1v) is 9.03. The first kappa shape index (κ1) is 15.5. The van der Waals surface area contributed by atoms with Gasteiger partial charge >= 0.3 is 0 Å². The van der Waals surface area contributed by atoms with Crippen LogP contribution in [-0.2, 0) is 12.8 Å². The van der Waals surface area contributed by atoms with Gasteiger partial charge in [-0.05, 0) is 61.2 Å². The van der Waals surface area contributed by atoms with Gasteiger partial charge in [-0.2, -0.15) is 0 Å². The fraction of sp³-hybridized carbons (Fsp3) is 0.211. The number of nitrogens with zero attached hydrogens (tertiary/aromatic N) is 1. The number of fused-ring (bicyclic) bond motifs is 3. The second-order valence-electron chi connectivity index (χ2n) is 5.90. The zero-order chi connectivity index (χ0) is 16.7. The van der Waals surface area contributed by atoms with Crippen LogP contribution in [0.3, 0.4) is 0 Å². The first-order chi connectivity index (χ1) is 11.6. The van der Waals surface area contributed by atoms with Crippen LogP contribution in [0.15, 0.2) is 36.4 Å². The van der Waals surface area contributed by atoms with Gasteiger partial charge in [0.1, 0.15) is 5.75 Å². The predicted molar refractivity (Wildman–Crippen MR) is 101 cm³/mol. The van der Waals surface area contributed by atoms with E-state index in [0.717, 1.165) is 45.7 Å². The lowest BCUT2D eigenvalue weighted by Gasteiger charge is -2.15. The number of aromatic nitrogens is 1. The van der Waals surface area contributed by atoms with Gasteiger partial charge in [-0.1, -0.05) is 17.7 Å². The number of hydrogen-bond donors (Lipinski definition) is 1. The highest BCUT2D eigenvalue weighted by molar-refractivity contribution is 7.16. The Labute approximate surface area is 150 Å². The van der Waals surface area contributed by atoms with Gasteiger partial charge in [-0.25, -0.2) is 4.98 Å². The summed E-state index contributed by atoms with van der Waals surface area (Å²) in [5.74, 6) is 0.903. The van der Waals surface area contributed by atoms with Crippen molar-refractivity contribution in [2.45, 2.75) is 19.8 Å². The van der Waals surface area contributed by atoms with Crippen LogP contribution in [0.2, 0.25) is 5.02 Å². The number of thiazole rings is 1. The second kappa shape index (κ2) is 6.11. The highest BCUT2D eigenvalue weighted by Crippen LogP contribution is 2.40. The van der Waals surface area contributed by atoms with E-state index in [2.05, 4.69) is 17.4 Å². The third kappa shape index (κ3) is 2.76. The number of ether oxygens (including phenoxy) is 1. The smallest absolute Gasteiger partial charge is 0.187 e. The van der Waals surface area contributed by atoms with Crippen molar-refractivity contribution in [3.8, 4) is 17.0 Å². The molecule has 0 aliphatic heterocycles. The second-order valence-corrected chi connectivity index (χ2v) is 7.39. The van der Waals surface area contributed by atoms with E-state index in [1.54, 1.807) is 18.4 Å². The van der Waals surface area contributed by atoms with E-state index in [0.29, 0.717) is 0 Å². The molecule has 0 radical (unpaired) electrons. The molecule has 1 heterocycles. The third-order valence-electron chi connectivity index (χ3n) is 4.31. The Bertz CT molecular complexity index is 920. The minimum atomic E-state index is 0.763. The van der Waals surface area contributed by atoms with Crippen molar-refractivity contribution in [1.29, 1.82) is 0 Å². The van der Waals surface area contributed by atoms with Gasteiger partial charge in [-0.15, -0.1) is 11.3 Å². The summed E-state index contributed by atoms with van der Waals surface area (Å²) in [6.07, 6.45) is 2.04. The van der Waals surface area contributed by atoms with E-state index in [1.807, 2.05) is 31.2 Å². The summed E-state index contributed by atoms with van der Waals surface area (Å²) in [5.41, 5.74) is 5.64. The van der Waals surface area contributed by atoms with Crippen LogP contribution in [0, 0.1) is 6.92 Å². The molecule has 1 aliphatic carbocycles. The molecule has 1 N–H and O–H groups in total. The molecule has 5 heteroatoms. The van der Waals surface area contributed by atoms with Gasteiger partial charge < -0.3 is 10.1 Å². The topological polar surface area (TPSA) is 34.1 Å². The van der Waals surface area contributed by atoms with Crippen molar-refractivity contribution in [3.63, 3.8) is 0 Å². The Morgan fingerprint density at radius 2 is 2.04 bits per heavy atom. The molecule has 122 valence electrons. The van der Waals surface area contributed by atoms with Gasteiger partial charge in [0.25, 0.3) is 0 Å². The zero-order valence-corrected chi connectivity index (χ0v) is 15.1. The molecule has 0 fully saturated rings. The highest BCUT2D eigenvalue weighted by atomic mass is 35.5. The maximum Gasteiger partial charge on any atom is 0.187 e. The highest BCUT2D eigenvalue weighted by Gasteiger charge is 2.21. The molecule has 3 nitrogen and oxygen atoms in total. The normalized spacial score (nSPS) is 12.5. The largest absolute Gasteiger partial charge is 0.497 e. The third-order valence-corrected chi connectivity index (χ3v) is 5.75. The van der Waals surface area contributed by atoms with Gasteiger partial charge in [0.2, 0.25) is 0 Å². The molecule has 0 saturated carbocycles. The summed E-state index contributed by atoms with van der Waals surface area (Å²) in [4.78, 5) is 6.15. The van der Waals surface area contributed by atoms with Crippen LogP contribution in [0.25, 0.3) is 11.3 Å². The lowest BCUT2D eigenvalue weighted by Crippen LogP contribution is -2.02. The number of aryl methyl sites for hydroxylation is 3. The minimum Gasteiger partial charge on any atom is -0.497 e. The van der Waals surface area contributed by atoms with Crippen LogP contribution in [0.5, 0.6) is 5.75 Å². The first-order valence-electron chi connectivity index (χ1n) is 7.84. The fourth-order valence-corrected chi connectivity index (χ4v) is 4.14. The monoisotopic (exact) mass is 356 g/mol. The lowest BCUT2D eigenvalue weighted by atomic mass is 9.93. The quantitative estimate of drug-likeness (QED) is 0.661. The van der Waals surface area contributed by atoms with Crippen molar-refractivity contribution < 1.29 is 4.74 Å².